The quantitative estimate of drug-likeness (QED) is 0.817. The average molecular weight is 373 g/mol. The first-order valence-electron chi connectivity index (χ1n) is 8.14. The van der Waals surface area contributed by atoms with Crippen LogP contribution in [0, 0.1) is 6.92 Å². The van der Waals surface area contributed by atoms with Crippen LogP contribution in [0.2, 0.25) is 0 Å². The lowest BCUT2D eigenvalue weighted by atomic mass is 10.2. The number of rotatable bonds is 5. The molecule has 2 fully saturated rings. The van der Waals surface area contributed by atoms with Crippen molar-refractivity contribution in [3.63, 3.8) is 0 Å². The van der Waals surface area contributed by atoms with Crippen molar-refractivity contribution in [2.24, 2.45) is 0 Å². The van der Waals surface area contributed by atoms with Gasteiger partial charge in [-0.2, -0.15) is 0 Å². The van der Waals surface area contributed by atoms with E-state index in [-0.39, 0.29) is 22.5 Å². The van der Waals surface area contributed by atoms with E-state index in [0.717, 1.165) is 18.4 Å². The number of hydrogen-bond acceptors (Lipinski definition) is 6. The van der Waals surface area contributed by atoms with E-state index in [4.69, 9.17) is 4.74 Å². The molecule has 0 amide bonds. The van der Waals surface area contributed by atoms with E-state index in [2.05, 4.69) is 5.32 Å². The summed E-state index contributed by atoms with van der Waals surface area (Å²) in [7, 11) is -7.08. The largest absolute Gasteiger partial charge is 0.377 e. The van der Waals surface area contributed by atoms with Crippen LogP contribution in [0.25, 0.3) is 0 Å². The maximum Gasteiger partial charge on any atom is 0.183 e. The predicted molar refractivity (Wildman–Crippen MR) is 91.6 cm³/mol. The molecule has 1 N–H and O–H groups in total. The smallest absolute Gasteiger partial charge is 0.183 e. The zero-order chi connectivity index (χ0) is 17.4. The van der Waals surface area contributed by atoms with Crippen molar-refractivity contribution in [2.45, 2.75) is 42.1 Å². The number of aryl methyl sites for hydroxylation is 1. The molecule has 24 heavy (non-hydrogen) atoms. The number of hydrogen-bond donors (Lipinski definition) is 1. The minimum atomic E-state index is -3.70. The Bertz CT molecular complexity index is 780. The first kappa shape index (κ1) is 17.8. The van der Waals surface area contributed by atoms with Gasteiger partial charge in [-0.1, -0.05) is 17.7 Å². The first-order valence-corrected chi connectivity index (χ1v) is 11.5. The molecule has 0 aromatic heterocycles. The number of benzene rings is 1. The second kappa shape index (κ2) is 6.74. The summed E-state index contributed by atoms with van der Waals surface area (Å²) in [4.78, 5) is 0.180. The highest BCUT2D eigenvalue weighted by atomic mass is 32.2. The van der Waals surface area contributed by atoms with Gasteiger partial charge in [0.15, 0.2) is 19.7 Å². The van der Waals surface area contributed by atoms with Gasteiger partial charge in [-0.25, -0.2) is 16.8 Å². The predicted octanol–water partition coefficient (Wildman–Crippen LogP) is 0.703. The molecule has 0 radical (unpaired) electrons. The van der Waals surface area contributed by atoms with Gasteiger partial charge in [0.25, 0.3) is 0 Å². The summed E-state index contributed by atoms with van der Waals surface area (Å²) in [6.45, 7) is 3.07. The van der Waals surface area contributed by atoms with Crippen molar-refractivity contribution in [3.05, 3.63) is 29.8 Å². The van der Waals surface area contributed by atoms with Gasteiger partial charge >= 0.3 is 0 Å². The monoisotopic (exact) mass is 373 g/mol. The SMILES string of the molecule is Cc1ccc(S(=O)(=O)[C@@H]2CS(=O)(=O)C[C@H]2NCC2CCCO2)cc1. The Hall–Kier alpha value is -0.960. The lowest BCUT2D eigenvalue weighted by Gasteiger charge is -2.21. The molecule has 1 unspecified atom stereocenters. The minimum absolute atomic E-state index is 0.0380. The Morgan fingerprint density at radius 2 is 1.92 bits per heavy atom. The maximum atomic E-state index is 12.9. The fraction of sp³-hybridized carbons (Fsp3) is 0.625. The van der Waals surface area contributed by atoms with E-state index in [1.165, 1.54) is 0 Å². The van der Waals surface area contributed by atoms with Gasteiger partial charge < -0.3 is 10.1 Å². The maximum absolute atomic E-state index is 12.9. The third-order valence-corrected chi connectivity index (χ3v) is 8.85. The molecule has 0 aliphatic carbocycles. The van der Waals surface area contributed by atoms with Crippen molar-refractivity contribution >= 4 is 19.7 Å². The molecule has 0 saturated carbocycles. The normalized spacial score (nSPS) is 29.8. The highest BCUT2D eigenvalue weighted by Crippen LogP contribution is 2.26. The number of nitrogens with one attached hydrogen (secondary N) is 1. The molecule has 8 heteroatoms. The summed E-state index contributed by atoms with van der Waals surface area (Å²) in [5.74, 6) is -0.470. The summed E-state index contributed by atoms with van der Waals surface area (Å²) in [6.07, 6.45) is 1.94. The standard InChI is InChI=1S/C16H23NO5S2/c1-12-4-6-14(7-5-12)24(20,21)16-11-23(18,19)10-15(16)17-9-13-3-2-8-22-13/h4-7,13,15-17H,2-3,8-11H2,1H3/t13?,15-,16-/m1/s1. The van der Waals surface area contributed by atoms with Crippen LogP contribution in [-0.2, 0) is 24.4 Å². The zero-order valence-electron chi connectivity index (χ0n) is 13.6. The molecule has 2 heterocycles. The molecule has 0 spiro atoms. The van der Waals surface area contributed by atoms with Crippen molar-refractivity contribution in [3.8, 4) is 0 Å². The zero-order valence-corrected chi connectivity index (χ0v) is 15.3. The van der Waals surface area contributed by atoms with Crippen molar-refractivity contribution < 1.29 is 21.6 Å². The third kappa shape index (κ3) is 3.82. The molecular weight excluding hydrogens is 350 g/mol. The fourth-order valence-corrected chi connectivity index (χ4v) is 8.02. The number of sulfone groups is 2. The van der Waals surface area contributed by atoms with Crippen LogP contribution in [0.5, 0.6) is 0 Å². The molecule has 134 valence electrons. The lowest BCUT2D eigenvalue weighted by Crippen LogP contribution is -2.45. The molecule has 1 aromatic rings. The van der Waals surface area contributed by atoms with E-state index >= 15 is 0 Å². The Morgan fingerprint density at radius 3 is 2.54 bits per heavy atom. The molecule has 3 rings (SSSR count). The van der Waals surface area contributed by atoms with E-state index in [9.17, 15) is 16.8 Å². The summed E-state index contributed by atoms with van der Waals surface area (Å²) >= 11 is 0. The molecule has 2 aliphatic heterocycles. The number of ether oxygens (including phenoxy) is 1. The van der Waals surface area contributed by atoms with Crippen LogP contribution in [0.15, 0.2) is 29.2 Å². The van der Waals surface area contributed by atoms with Crippen molar-refractivity contribution in [2.75, 3.05) is 24.7 Å². The molecule has 3 atom stereocenters. The Balaban J connectivity index is 1.80. The topological polar surface area (TPSA) is 89.5 Å². The molecular formula is C16H23NO5S2. The average Bonchev–Trinajstić information content (AvgIpc) is 3.13. The second-order valence-electron chi connectivity index (χ2n) is 6.62. The van der Waals surface area contributed by atoms with Gasteiger partial charge in [0.05, 0.1) is 27.8 Å². The Morgan fingerprint density at radius 1 is 1.21 bits per heavy atom. The van der Waals surface area contributed by atoms with Crippen molar-refractivity contribution in [1.29, 1.82) is 0 Å². The van der Waals surface area contributed by atoms with Gasteiger partial charge in [0.2, 0.25) is 0 Å². The van der Waals surface area contributed by atoms with Crippen LogP contribution < -0.4 is 5.32 Å². The van der Waals surface area contributed by atoms with Crippen LogP contribution in [-0.4, -0.2) is 58.9 Å². The van der Waals surface area contributed by atoms with E-state index in [1.807, 2.05) is 6.92 Å². The van der Waals surface area contributed by atoms with Gasteiger partial charge in [0, 0.05) is 19.2 Å². The van der Waals surface area contributed by atoms with Crippen LogP contribution >= 0.6 is 0 Å². The molecule has 0 bridgehead atoms. The summed E-state index contributed by atoms with van der Waals surface area (Å²) < 4.78 is 55.4. The third-order valence-electron chi connectivity index (χ3n) is 4.68. The van der Waals surface area contributed by atoms with Gasteiger partial charge in [-0.15, -0.1) is 0 Å². The Labute approximate surface area is 143 Å². The van der Waals surface area contributed by atoms with Crippen molar-refractivity contribution in [1.82, 2.24) is 5.32 Å². The molecule has 6 nitrogen and oxygen atoms in total. The first-order chi connectivity index (χ1) is 11.3. The summed E-state index contributed by atoms with van der Waals surface area (Å²) in [6, 6.07) is 5.96. The highest BCUT2D eigenvalue weighted by molar-refractivity contribution is 7.96. The lowest BCUT2D eigenvalue weighted by molar-refractivity contribution is 0.108. The second-order valence-corrected chi connectivity index (χ2v) is 10.9. The van der Waals surface area contributed by atoms with E-state index in [1.54, 1.807) is 24.3 Å². The molecule has 2 saturated heterocycles. The fourth-order valence-electron chi connectivity index (χ4n) is 3.30. The summed E-state index contributed by atoms with van der Waals surface area (Å²) in [5.41, 5.74) is 0.959. The highest BCUT2D eigenvalue weighted by Gasteiger charge is 2.45. The molecule has 1 aromatic carbocycles. The van der Waals surface area contributed by atoms with Crippen LogP contribution in [0.4, 0.5) is 0 Å². The van der Waals surface area contributed by atoms with Crippen LogP contribution in [0.3, 0.4) is 0 Å². The van der Waals surface area contributed by atoms with E-state index in [0.29, 0.717) is 13.2 Å². The van der Waals surface area contributed by atoms with Crippen LogP contribution in [0.1, 0.15) is 18.4 Å². The summed E-state index contributed by atoms with van der Waals surface area (Å²) in [5, 5.41) is 2.18. The Kier molecular flexibility index (Phi) is 5.01. The van der Waals surface area contributed by atoms with Gasteiger partial charge in [-0.05, 0) is 31.9 Å². The van der Waals surface area contributed by atoms with Gasteiger partial charge in [0.1, 0.15) is 0 Å². The van der Waals surface area contributed by atoms with E-state index < -0.39 is 31.0 Å². The van der Waals surface area contributed by atoms with Gasteiger partial charge in [-0.3, -0.25) is 0 Å². The minimum Gasteiger partial charge on any atom is -0.377 e. The molecule has 2 aliphatic rings.